The Hall–Kier alpha value is -2.02. The van der Waals surface area contributed by atoms with E-state index in [0.717, 1.165) is 43.1 Å². The van der Waals surface area contributed by atoms with E-state index in [-0.39, 0.29) is 18.2 Å². The molecule has 2 amide bonds. The predicted molar refractivity (Wildman–Crippen MR) is 111 cm³/mol. The minimum absolute atomic E-state index is 0.00595. The topological polar surface area (TPSA) is 71.0 Å². The lowest BCUT2D eigenvalue weighted by Crippen LogP contribution is -2.34. The molecule has 0 spiro atoms. The molecule has 1 aliphatic rings. The number of methoxy groups -OCH3 is 1. The van der Waals surface area contributed by atoms with Crippen molar-refractivity contribution in [2.45, 2.75) is 51.2 Å². The third kappa shape index (κ3) is 6.27. The first kappa shape index (κ1) is 21.3. The second-order valence-electron chi connectivity index (χ2n) is 6.45. The first-order valence-electron chi connectivity index (χ1n) is 9.55. The van der Waals surface area contributed by atoms with Crippen LogP contribution in [0.1, 0.15) is 46.0 Å². The zero-order valence-corrected chi connectivity index (χ0v) is 17.2. The molecular weight excluding hydrogens is 362 g/mol. The van der Waals surface area contributed by atoms with Gasteiger partial charge in [-0.3, -0.25) is 19.5 Å². The van der Waals surface area contributed by atoms with Crippen molar-refractivity contribution in [3.8, 4) is 5.75 Å². The maximum atomic E-state index is 12.8. The van der Waals surface area contributed by atoms with E-state index in [1.807, 2.05) is 0 Å². The highest BCUT2D eigenvalue weighted by Gasteiger charge is 2.38. The summed E-state index contributed by atoms with van der Waals surface area (Å²) >= 11 is 1.42. The fourth-order valence-electron chi connectivity index (χ4n) is 2.67. The van der Waals surface area contributed by atoms with Gasteiger partial charge in [-0.2, -0.15) is 0 Å². The van der Waals surface area contributed by atoms with Crippen molar-refractivity contribution in [3.05, 3.63) is 24.3 Å². The molecule has 1 fully saturated rings. The van der Waals surface area contributed by atoms with Gasteiger partial charge in [-0.1, -0.05) is 38.5 Å². The molecule has 148 valence electrons. The van der Waals surface area contributed by atoms with Crippen molar-refractivity contribution < 1.29 is 14.3 Å². The largest absolute Gasteiger partial charge is 0.497 e. The Balaban J connectivity index is 1.98. The van der Waals surface area contributed by atoms with Crippen LogP contribution in [0.2, 0.25) is 0 Å². The highest BCUT2D eigenvalue weighted by molar-refractivity contribution is 8.15. The van der Waals surface area contributed by atoms with Crippen molar-refractivity contribution in [1.82, 2.24) is 4.90 Å². The Kier molecular flexibility index (Phi) is 8.64. The van der Waals surface area contributed by atoms with Crippen LogP contribution >= 0.6 is 11.8 Å². The van der Waals surface area contributed by atoms with Crippen LogP contribution in [0.3, 0.4) is 0 Å². The van der Waals surface area contributed by atoms with E-state index in [9.17, 15) is 9.59 Å². The van der Waals surface area contributed by atoms with Gasteiger partial charge in [0.1, 0.15) is 11.0 Å². The van der Waals surface area contributed by atoms with Crippen LogP contribution < -0.4 is 10.1 Å². The lowest BCUT2D eigenvalue weighted by molar-refractivity contribution is -0.128. The third-order valence-corrected chi connectivity index (χ3v) is 5.47. The van der Waals surface area contributed by atoms with Crippen LogP contribution in [0.5, 0.6) is 5.75 Å². The van der Waals surface area contributed by atoms with E-state index in [1.54, 1.807) is 36.3 Å². The molecule has 0 radical (unpaired) electrons. The second kappa shape index (κ2) is 11.0. The first-order chi connectivity index (χ1) is 13.1. The molecule has 1 aliphatic heterocycles. The molecule has 0 aliphatic carbocycles. The summed E-state index contributed by atoms with van der Waals surface area (Å²) < 4.78 is 5.11. The molecule has 1 aromatic carbocycles. The Morgan fingerprint density at radius 1 is 1.22 bits per heavy atom. The van der Waals surface area contributed by atoms with E-state index in [4.69, 9.17) is 4.74 Å². The number of unbranched alkanes of at least 4 members (excludes halogenated alkanes) is 2. The van der Waals surface area contributed by atoms with Gasteiger partial charge in [-0.15, -0.1) is 0 Å². The van der Waals surface area contributed by atoms with Crippen LogP contribution in [-0.2, 0) is 9.59 Å². The fraction of sp³-hybridized carbons (Fsp3) is 0.550. The first-order valence-corrected chi connectivity index (χ1v) is 10.4. The zero-order valence-electron chi connectivity index (χ0n) is 16.4. The maximum Gasteiger partial charge on any atom is 0.242 e. The second-order valence-corrected chi connectivity index (χ2v) is 7.62. The number of amidine groups is 1. The van der Waals surface area contributed by atoms with Crippen molar-refractivity contribution >= 4 is 34.4 Å². The summed E-state index contributed by atoms with van der Waals surface area (Å²) in [7, 11) is 1.60. The third-order valence-electron chi connectivity index (χ3n) is 4.26. The normalized spacial score (nSPS) is 18.2. The smallest absolute Gasteiger partial charge is 0.242 e. The Bertz CT molecular complexity index is 661. The number of anilines is 1. The minimum Gasteiger partial charge on any atom is -0.497 e. The molecule has 27 heavy (non-hydrogen) atoms. The molecule has 6 nitrogen and oxygen atoms in total. The number of benzene rings is 1. The van der Waals surface area contributed by atoms with Gasteiger partial charge in [-0.25, -0.2) is 0 Å². The number of nitrogens with zero attached hydrogens (tertiary/aromatic N) is 2. The van der Waals surface area contributed by atoms with Gasteiger partial charge in [0.15, 0.2) is 5.17 Å². The summed E-state index contributed by atoms with van der Waals surface area (Å²) in [5, 5.41) is 3.21. The molecule has 0 saturated carbocycles. The van der Waals surface area contributed by atoms with Gasteiger partial charge >= 0.3 is 0 Å². The highest BCUT2D eigenvalue weighted by atomic mass is 32.2. The minimum atomic E-state index is -0.402. The van der Waals surface area contributed by atoms with Gasteiger partial charge in [0.25, 0.3) is 0 Å². The van der Waals surface area contributed by atoms with Gasteiger partial charge in [0.05, 0.1) is 7.11 Å². The van der Waals surface area contributed by atoms with Crippen molar-refractivity contribution in [3.63, 3.8) is 0 Å². The predicted octanol–water partition coefficient (Wildman–Crippen LogP) is 3.92. The summed E-state index contributed by atoms with van der Waals surface area (Å²) in [5.41, 5.74) is 0.691. The number of hydrogen-bond donors (Lipinski definition) is 1. The molecule has 1 saturated heterocycles. The summed E-state index contributed by atoms with van der Waals surface area (Å²) in [5.74, 6) is 0.555. The molecular formula is C20H29N3O3S. The standard InChI is InChI=1S/C20H29N3O3S/c1-4-6-12-21-20-23(13-7-5-2)19(25)17(27-20)14-18(24)22-15-8-10-16(26-3)11-9-15/h8-11,17H,4-7,12-14H2,1-3H3,(H,22,24). The fourth-order valence-corrected chi connectivity index (χ4v) is 3.86. The van der Waals surface area contributed by atoms with Crippen LogP contribution in [0.15, 0.2) is 29.3 Å². The SMILES string of the molecule is CCCCN=C1SC(CC(=O)Nc2ccc(OC)cc2)C(=O)N1CCCC. The number of hydrogen-bond acceptors (Lipinski definition) is 5. The van der Waals surface area contributed by atoms with Crippen LogP contribution in [-0.4, -0.2) is 47.3 Å². The van der Waals surface area contributed by atoms with Gasteiger partial charge in [0, 0.05) is 25.2 Å². The monoisotopic (exact) mass is 391 g/mol. The van der Waals surface area contributed by atoms with Crippen molar-refractivity contribution in [1.29, 1.82) is 0 Å². The number of ether oxygens (including phenoxy) is 1. The Morgan fingerprint density at radius 2 is 1.93 bits per heavy atom. The zero-order chi connectivity index (χ0) is 19.6. The lowest BCUT2D eigenvalue weighted by Gasteiger charge is -2.15. The molecule has 1 atom stereocenters. The molecule has 0 bridgehead atoms. The van der Waals surface area contributed by atoms with E-state index < -0.39 is 5.25 Å². The van der Waals surface area contributed by atoms with E-state index in [0.29, 0.717) is 12.2 Å². The lowest BCUT2D eigenvalue weighted by atomic mass is 10.2. The van der Waals surface area contributed by atoms with Crippen molar-refractivity contribution in [2.24, 2.45) is 4.99 Å². The summed E-state index contributed by atoms with van der Waals surface area (Å²) in [6.45, 7) is 5.61. The van der Waals surface area contributed by atoms with Crippen LogP contribution in [0.25, 0.3) is 0 Å². The van der Waals surface area contributed by atoms with Crippen LogP contribution in [0.4, 0.5) is 5.69 Å². The molecule has 2 rings (SSSR count). The molecule has 0 aromatic heterocycles. The Labute approximate surface area is 165 Å². The number of aliphatic imine (C=N–C) groups is 1. The van der Waals surface area contributed by atoms with E-state index >= 15 is 0 Å². The quantitative estimate of drug-likeness (QED) is 0.614. The summed E-state index contributed by atoms with van der Waals surface area (Å²) in [6.07, 6.45) is 4.16. The number of thioether (sulfide) groups is 1. The van der Waals surface area contributed by atoms with Gasteiger partial charge in [-0.05, 0) is 37.1 Å². The molecule has 1 unspecified atom stereocenters. The number of carbonyl (C=O) groups is 2. The highest BCUT2D eigenvalue weighted by Crippen LogP contribution is 2.30. The average Bonchev–Trinajstić information content (AvgIpc) is 2.95. The molecule has 1 N–H and O–H groups in total. The van der Waals surface area contributed by atoms with E-state index in [1.165, 1.54) is 11.8 Å². The summed E-state index contributed by atoms with van der Waals surface area (Å²) in [4.78, 5) is 31.5. The van der Waals surface area contributed by atoms with Gasteiger partial charge < -0.3 is 10.1 Å². The number of carbonyl (C=O) groups excluding carboxylic acids is 2. The molecule has 1 heterocycles. The van der Waals surface area contributed by atoms with Gasteiger partial charge in [0.2, 0.25) is 11.8 Å². The average molecular weight is 392 g/mol. The maximum absolute atomic E-state index is 12.8. The summed E-state index contributed by atoms with van der Waals surface area (Å²) in [6, 6.07) is 7.14. The number of amides is 2. The van der Waals surface area contributed by atoms with E-state index in [2.05, 4.69) is 24.2 Å². The van der Waals surface area contributed by atoms with Crippen LogP contribution in [0, 0.1) is 0 Å². The number of rotatable bonds is 10. The number of nitrogens with one attached hydrogen (secondary N) is 1. The molecule has 1 aromatic rings. The van der Waals surface area contributed by atoms with Crippen molar-refractivity contribution in [2.75, 3.05) is 25.5 Å². The molecule has 7 heteroatoms. The Morgan fingerprint density at radius 3 is 2.56 bits per heavy atom.